The van der Waals surface area contributed by atoms with E-state index in [0.717, 1.165) is 16.3 Å². The summed E-state index contributed by atoms with van der Waals surface area (Å²) in [5, 5.41) is 14.2. The molecule has 1 aromatic carbocycles. The maximum Gasteiger partial charge on any atom is 0.123 e. The average Bonchev–Trinajstić information content (AvgIpc) is 2.78. The highest BCUT2D eigenvalue weighted by Gasteiger charge is 2.18. The number of hydrogen-bond acceptors (Lipinski definition) is 4. The second-order valence-corrected chi connectivity index (χ2v) is 7.28. The second-order valence-electron chi connectivity index (χ2n) is 6.25. The first-order valence-corrected chi connectivity index (χ1v) is 8.08. The zero-order valence-corrected chi connectivity index (χ0v) is 14.2. The topological polar surface area (TPSA) is 45.2 Å². The monoisotopic (exact) mass is 304 g/mol. The number of rotatable bonds is 5. The zero-order valence-electron chi connectivity index (χ0n) is 13.4. The lowest BCUT2D eigenvalue weighted by atomic mass is 10.1. The molecule has 0 fully saturated rings. The third kappa shape index (κ3) is 4.37. The van der Waals surface area contributed by atoms with E-state index in [4.69, 9.17) is 4.98 Å². The first-order valence-electron chi connectivity index (χ1n) is 7.26. The molecule has 2 N–H and O–H groups in total. The van der Waals surface area contributed by atoms with Gasteiger partial charge in [0.1, 0.15) is 5.01 Å². The summed E-state index contributed by atoms with van der Waals surface area (Å²) >= 11 is 1.72. The highest BCUT2D eigenvalue weighted by atomic mass is 32.1. The first-order chi connectivity index (χ1) is 9.76. The molecular weight excluding hydrogens is 280 g/mol. The van der Waals surface area contributed by atoms with E-state index in [1.807, 2.05) is 20.8 Å². The number of hydrogen-bond donors (Lipinski definition) is 2. The molecule has 1 aromatic heterocycles. The van der Waals surface area contributed by atoms with Gasteiger partial charge in [0, 0.05) is 23.0 Å². The molecular formula is C17H24N2OS. The van der Waals surface area contributed by atoms with E-state index in [1.165, 1.54) is 10.4 Å². The highest BCUT2D eigenvalue weighted by molar-refractivity contribution is 7.15. The Morgan fingerprint density at radius 2 is 1.86 bits per heavy atom. The molecule has 0 aliphatic carbocycles. The smallest absolute Gasteiger partial charge is 0.123 e. The Bertz CT molecular complexity index is 596. The molecule has 2 rings (SSSR count). The van der Waals surface area contributed by atoms with Gasteiger partial charge in [-0.2, -0.15) is 0 Å². The lowest BCUT2D eigenvalue weighted by Crippen LogP contribution is -2.36. The van der Waals surface area contributed by atoms with Crippen molar-refractivity contribution in [2.45, 2.75) is 46.3 Å². The maximum atomic E-state index is 9.82. The van der Waals surface area contributed by atoms with E-state index < -0.39 is 5.60 Å². The Hall–Kier alpha value is -1.23. The van der Waals surface area contributed by atoms with Crippen molar-refractivity contribution in [1.29, 1.82) is 0 Å². The van der Waals surface area contributed by atoms with Crippen LogP contribution in [0.1, 0.15) is 42.9 Å². The molecule has 3 nitrogen and oxygen atoms in total. The third-order valence-electron chi connectivity index (χ3n) is 3.37. The van der Waals surface area contributed by atoms with Crippen LogP contribution in [0.4, 0.5) is 0 Å². The van der Waals surface area contributed by atoms with Crippen LogP contribution in [0.3, 0.4) is 0 Å². The molecule has 114 valence electrons. The van der Waals surface area contributed by atoms with Crippen LogP contribution in [0.2, 0.25) is 0 Å². The number of nitrogens with zero attached hydrogens (tertiary/aromatic N) is 1. The fourth-order valence-corrected chi connectivity index (χ4v) is 3.22. The summed E-state index contributed by atoms with van der Waals surface area (Å²) in [5.74, 6) is 0. The molecule has 0 bridgehead atoms. The van der Waals surface area contributed by atoms with Crippen molar-refractivity contribution in [1.82, 2.24) is 10.3 Å². The van der Waals surface area contributed by atoms with E-state index in [9.17, 15) is 5.11 Å². The summed E-state index contributed by atoms with van der Waals surface area (Å²) in [6.45, 7) is 10.4. The van der Waals surface area contributed by atoms with Crippen LogP contribution < -0.4 is 5.32 Å². The van der Waals surface area contributed by atoms with E-state index in [0.29, 0.717) is 6.54 Å². The van der Waals surface area contributed by atoms with Gasteiger partial charge in [-0.3, -0.25) is 0 Å². The van der Waals surface area contributed by atoms with Crippen molar-refractivity contribution in [2.24, 2.45) is 0 Å². The van der Waals surface area contributed by atoms with Gasteiger partial charge in [0.15, 0.2) is 0 Å². The fraction of sp³-hybridized carbons (Fsp3) is 0.471. The largest absolute Gasteiger partial charge is 0.389 e. The van der Waals surface area contributed by atoms with Gasteiger partial charge in [-0.1, -0.05) is 29.8 Å². The van der Waals surface area contributed by atoms with E-state index in [2.05, 4.69) is 43.4 Å². The highest BCUT2D eigenvalue weighted by Crippen LogP contribution is 2.31. The van der Waals surface area contributed by atoms with Crippen LogP contribution in [-0.2, 0) is 0 Å². The summed E-state index contributed by atoms with van der Waals surface area (Å²) in [6, 6.07) is 8.65. The number of aromatic nitrogens is 1. The van der Waals surface area contributed by atoms with Crippen LogP contribution in [0.15, 0.2) is 24.3 Å². The minimum Gasteiger partial charge on any atom is -0.389 e. The molecule has 0 aliphatic rings. The van der Waals surface area contributed by atoms with E-state index in [-0.39, 0.29) is 6.04 Å². The minimum absolute atomic E-state index is 0.188. The predicted octanol–water partition coefficient (Wildman–Crippen LogP) is 3.85. The van der Waals surface area contributed by atoms with E-state index >= 15 is 0 Å². The lowest BCUT2D eigenvalue weighted by Gasteiger charge is -2.21. The molecule has 0 spiro atoms. The summed E-state index contributed by atoms with van der Waals surface area (Å²) in [5.41, 5.74) is 2.78. The molecule has 0 saturated heterocycles. The maximum absolute atomic E-state index is 9.82. The van der Waals surface area contributed by atoms with Gasteiger partial charge >= 0.3 is 0 Å². The predicted molar refractivity (Wildman–Crippen MR) is 89.7 cm³/mol. The first kappa shape index (κ1) is 16.1. The van der Waals surface area contributed by atoms with Crippen molar-refractivity contribution in [3.8, 4) is 10.6 Å². The number of aryl methyl sites for hydroxylation is 2. The summed E-state index contributed by atoms with van der Waals surface area (Å²) in [4.78, 5) is 5.92. The number of thiazole rings is 1. The Morgan fingerprint density at radius 3 is 2.43 bits per heavy atom. The Morgan fingerprint density at radius 1 is 1.24 bits per heavy atom. The molecule has 0 aliphatic heterocycles. The van der Waals surface area contributed by atoms with Crippen LogP contribution >= 0.6 is 11.3 Å². The molecule has 0 saturated carbocycles. The third-order valence-corrected chi connectivity index (χ3v) is 4.75. The summed E-state index contributed by atoms with van der Waals surface area (Å²) < 4.78 is 0. The second kappa shape index (κ2) is 6.26. The van der Waals surface area contributed by atoms with Gasteiger partial charge in [-0.25, -0.2) is 4.98 Å². The molecule has 4 heteroatoms. The Balaban J connectivity index is 2.17. The van der Waals surface area contributed by atoms with Crippen molar-refractivity contribution in [3.05, 3.63) is 40.4 Å². The van der Waals surface area contributed by atoms with Crippen molar-refractivity contribution < 1.29 is 5.11 Å². The Kier molecular flexibility index (Phi) is 4.81. The van der Waals surface area contributed by atoms with Crippen LogP contribution in [-0.4, -0.2) is 22.2 Å². The molecule has 0 radical (unpaired) electrons. The number of benzene rings is 1. The SMILES string of the molecule is Cc1ccc(-c2nc(C)c(C(C)NCC(C)(C)O)s2)cc1. The quantitative estimate of drug-likeness (QED) is 0.882. The number of aliphatic hydroxyl groups is 1. The van der Waals surface area contributed by atoms with Gasteiger partial charge in [0.2, 0.25) is 0 Å². The zero-order chi connectivity index (χ0) is 15.6. The minimum atomic E-state index is -0.702. The summed E-state index contributed by atoms with van der Waals surface area (Å²) in [6.07, 6.45) is 0. The normalized spacial score (nSPS) is 13.4. The molecule has 1 heterocycles. The lowest BCUT2D eigenvalue weighted by molar-refractivity contribution is 0.0771. The van der Waals surface area contributed by atoms with Gasteiger partial charge < -0.3 is 10.4 Å². The number of nitrogens with one attached hydrogen (secondary N) is 1. The summed E-state index contributed by atoms with van der Waals surface area (Å²) in [7, 11) is 0. The van der Waals surface area contributed by atoms with Crippen molar-refractivity contribution >= 4 is 11.3 Å². The van der Waals surface area contributed by atoms with Gasteiger partial charge in [0.05, 0.1) is 11.3 Å². The van der Waals surface area contributed by atoms with Crippen LogP contribution in [0, 0.1) is 13.8 Å². The van der Waals surface area contributed by atoms with Crippen LogP contribution in [0.25, 0.3) is 10.6 Å². The average molecular weight is 304 g/mol. The van der Waals surface area contributed by atoms with Crippen LogP contribution in [0.5, 0.6) is 0 Å². The fourth-order valence-electron chi connectivity index (χ4n) is 2.13. The van der Waals surface area contributed by atoms with E-state index in [1.54, 1.807) is 11.3 Å². The molecule has 0 amide bonds. The van der Waals surface area contributed by atoms with Gasteiger partial charge in [-0.15, -0.1) is 11.3 Å². The molecule has 1 unspecified atom stereocenters. The molecule has 21 heavy (non-hydrogen) atoms. The van der Waals surface area contributed by atoms with Crippen molar-refractivity contribution in [2.75, 3.05) is 6.54 Å². The van der Waals surface area contributed by atoms with Crippen molar-refractivity contribution in [3.63, 3.8) is 0 Å². The standard InChI is InChI=1S/C17H24N2OS/c1-11-6-8-14(9-7-11)16-19-13(3)15(21-16)12(2)18-10-17(4,5)20/h6-9,12,18,20H,10H2,1-5H3. The Labute approximate surface area is 131 Å². The molecule has 1 atom stereocenters. The molecule has 2 aromatic rings. The van der Waals surface area contributed by atoms with Gasteiger partial charge in [0.25, 0.3) is 0 Å². The van der Waals surface area contributed by atoms with Gasteiger partial charge in [-0.05, 0) is 34.6 Å².